The number of likely N-dealkylation sites (tertiary alicyclic amines) is 1. The number of nitrogens with one attached hydrogen (secondary N) is 2. The van der Waals surface area contributed by atoms with Gasteiger partial charge in [0, 0.05) is 36.1 Å². The van der Waals surface area contributed by atoms with Crippen molar-refractivity contribution in [3.05, 3.63) is 45.9 Å². The summed E-state index contributed by atoms with van der Waals surface area (Å²) in [6.07, 6.45) is 5.35. The molecule has 0 aliphatic carbocycles. The summed E-state index contributed by atoms with van der Waals surface area (Å²) < 4.78 is 5.64. The van der Waals surface area contributed by atoms with Crippen molar-refractivity contribution in [1.29, 1.82) is 0 Å². The van der Waals surface area contributed by atoms with E-state index in [1.54, 1.807) is 18.4 Å². The highest BCUT2D eigenvalue weighted by atomic mass is 127. The number of ether oxygens (including phenoxy) is 1. The number of aryl methyl sites for hydroxylation is 1. The van der Waals surface area contributed by atoms with Gasteiger partial charge in [0.15, 0.2) is 5.96 Å². The van der Waals surface area contributed by atoms with Gasteiger partial charge in [-0.1, -0.05) is 18.2 Å². The second-order valence-electron chi connectivity index (χ2n) is 7.26. The van der Waals surface area contributed by atoms with Crippen LogP contribution in [-0.2, 0) is 6.42 Å². The highest BCUT2D eigenvalue weighted by molar-refractivity contribution is 14.0. The fourth-order valence-corrected chi connectivity index (χ4v) is 4.52. The molecule has 166 valence electrons. The molecule has 2 heterocycles. The van der Waals surface area contributed by atoms with E-state index in [-0.39, 0.29) is 30.0 Å². The quantitative estimate of drug-likeness (QED) is 0.285. The summed E-state index contributed by atoms with van der Waals surface area (Å²) in [6.45, 7) is 8.78. The van der Waals surface area contributed by atoms with Gasteiger partial charge in [-0.2, -0.15) is 0 Å². The van der Waals surface area contributed by atoms with E-state index in [1.807, 2.05) is 18.3 Å². The average Bonchev–Trinajstić information content (AvgIpc) is 3.40. The van der Waals surface area contributed by atoms with Crippen LogP contribution in [0.3, 0.4) is 0 Å². The number of aromatic nitrogens is 1. The van der Waals surface area contributed by atoms with Crippen LogP contribution in [0.1, 0.15) is 41.3 Å². The predicted molar refractivity (Wildman–Crippen MR) is 136 cm³/mol. The van der Waals surface area contributed by atoms with Gasteiger partial charge in [-0.3, -0.25) is 9.89 Å². The Morgan fingerprint density at radius 3 is 2.70 bits per heavy atom. The van der Waals surface area contributed by atoms with Gasteiger partial charge in [0.1, 0.15) is 5.75 Å². The largest absolute Gasteiger partial charge is 0.496 e. The lowest BCUT2D eigenvalue weighted by atomic mass is 10.0. The van der Waals surface area contributed by atoms with E-state index < -0.39 is 0 Å². The van der Waals surface area contributed by atoms with Crippen molar-refractivity contribution in [3.63, 3.8) is 0 Å². The lowest BCUT2D eigenvalue weighted by Gasteiger charge is -2.28. The molecule has 0 spiro atoms. The minimum absolute atomic E-state index is 0. The first-order valence-corrected chi connectivity index (χ1v) is 11.3. The van der Waals surface area contributed by atoms with E-state index >= 15 is 0 Å². The summed E-state index contributed by atoms with van der Waals surface area (Å²) in [5.74, 6) is 1.80. The number of nitrogens with zero attached hydrogens (tertiary/aromatic N) is 3. The van der Waals surface area contributed by atoms with E-state index in [9.17, 15) is 0 Å². The molecule has 30 heavy (non-hydrogen) atoms. The number of halogens is 1. The lowest BCUT2D eigenvalue weighted by molar-refractivity contribution is 0.245. The summed E-state index contributed by atoms with van der Waals surface area (Å²) in [6, 6.07) is 8.55. The van der Waals surface area contributed by atoms with Crippen molar-refractivity contribution in [2.75, 3.05) is 39.8 Å². The predicted octanol–water partition coefficient (Wildman–Crippen LogP) is 4.01. The molecule has 0 bridgehead atoms. The first-order valence-electron chi connectivity index (χ1n) is 10.5. The zero-order valence-electron chi connectivity index (χ0n) is 18.2. The number of rotatable bonds is 9. The van der Waals surface area contributed by atoms with Gasteiger partial charge in [-0.15, -0.1) is 35.3 Å². The number of methoxy groups -OCH3 is 1. The summed E-state index contributed by atoms with van der Waals surface area (Å²) >= 11 is 1.76. The van der Waals surface area contributed by atoms with Gasteiger partial charge in [-0.05, 0) is 45.8 Å². The maximum absolute atomic E-state index is 5.64. The van der Waals surface area contributed by atoms with Crippen LogP contribution in [0.25, 0.3) is 0 Å². The SMILES string of the molecule is CCNC(=NCC(c1ccccc1OC)N1CCCC1)NCCc1ncc(C)s1.I. The van der Waals surface area contributed by atoms with Crippen LogP contribution in [0.4, 0.5) is 0 Å². The minimum atomic E-state index is 0. The van der Waals surface area contributed by atoms with Crippen molar-refractivity contribution < 1.29 is 4.74 Å². The molecule has 6 nitrogen and oxygen atoms in total. The summed E-state index contributed by atoms with van der Waals surface area (Å²) in [7, 11) is 1.75. The molecule has 1 aromatic carbocycles. The topological polar surface area (TPSA) is 61.8 Å². The molecule has 1 fully saturated rings. The van der Waals surface area contributed by atoms with Crippen LogP contribution in [0.15, 0.2) is 35.5 Å². The number of hydrogen-bond acceptors (Lipinski definition) is 5. The molecule has 0 radical (unpaired) electrons. The van der Waals surface area contributed by atoms with E-state index in [0.29, 0.717) is 6.54 Å². The van der Waals surface area contributed by atoms with Crippen molar-refractivity contribution in [2.45, 2.75) is 39.2 Å². The zero-order chi connectivity index (χ0) is 20.5. The smallest absolute Gasteiger partial charge is 0.191 e. The summed E-state index contributed by atoms with van der Waals surface area (Å²) in [5, 5.41) is 7.99. The van der Waals surface area contributed by atoms with Crippen LogP contribution < -0.4 is 15.4 Å². The highest BCUT2D eigenvalue weighted by Gasteiger charge is 2.25. The van der Waals surface area contributed by atoms with Gasteiger partial charge >= 0.3 is 0 Å². The van der Waals surface area contributed by atoms with Crippen molar-refractivity contribution in [3.8, 4) is 5.75 Å². The molecule has 0 amide bonds. The Kier molecular flexibility index (Phi) is 10.9. The zero-order valence-corrected chi connectivity index (χ0v) is 21.3. The third-order valence-corrected chi connectivity index (χ3v) is 6.12. The molecule has 1 saturated heterocycles. The van der Waals surface area contributed by atoms with Crippen LogP contribution in [0.2, 0.25) is 0 Å². The number of benzene rings is 1. The number of hydrogen-bond donors (Lipinski definition) is 2. The minimum Gasteiger partial charge on any atom is -0.496 e. The molecular formula is C22H34IN5OS. The third-order valence-electron chi connectivity index (χ3n) is 5.15. The maximum Gasteiger partial charge on any atom is 0.191 e. The van der Waals surface area contributed by atoms with Crippen LogP contribution in [0, 0.1) is 6.92 Å². The maximum atomic E-state index is 5.64. The lowest BCUT2D eigenvalue weighted by Crippen LogP contribution is -2.39. The van der Waals surface area contributed by atoms with Gasteiger partial charge in [-0.25, -0.2) is 4.98 Å². The Morgan fingerprint density at radius 2 is 2.03 bits per heavy atom. The molecule has 1 aliphatic rings. The molecule has 1 atom stereocenters. The number of guanidine groups is 1. The highest BCUT2D eigenvalue weighted by Crippen LogP contribution is 2.31. The van der Waals surface area contributed by atoms with Crippen LogP contribution in [-0.4, -0.2) is 55.7 Å². The molecule has 1 aliphatic heterocycles. The Labute approximate surface area is 201 Å². The monoisotopic (exact) mass is 543 g/mol. The molecule has 0 saturated carbocycles. The molecule has 1 unspecified atom stereocenters. The summed E-state index contributed by atoms with van der Waals surface area (Å²) in [5.41, 5.74) is 1.22. The van der Waals surface area contributed by atoms with Gasteiger partial charge in [0.25, 0.3) is 0 Å². The Morgan fingerprint density at radius 1 is 1.27 bits per heavy atom. The molecular weight excluding hydrogens is 509 g/mol. The molecule has 3 rings (SSSR count). The second kappa shape index (κ2) is 13.1. The first kappa shape index (κ1) is 24.9. The van der Waals surface area contributed by atoms with E-state index in [2.05, 4.69) is 46.5 Å². The fraction of sp³-hybridized carbons (Fsp3) is 0.545. The average molecular weight is 544 g/mol. The number of aliphatic imine (C=N–C) groups is 1. The standard InChI is InChI=1S/C22H33N5OS.HI/c1-4-23-22(24-12-11-21-25-15-17(2)29-21)26-16-19(27-13-7-8-14-27)18-9-5-6-10-20(18)28-3;/h5-6,9-10,15,19H,4,7-8,11-14,16H2,1-3H3,(H2,23,24,26);1H. The molecule has 1 aromatic heterocycles. The van der Waals surface area contributed by atoms with Gasteiger partial charge in [0.05, 0.1) is 24.7 Å². The second-order valence-corrected chi connectivity index (χ2v) is 8.58. The van der Waals surface area contributed by atoms with Gasteiger partial charge < -0.3 is 15.4 Å². The van der Waals surface area contributed by atoms with Crippen molar-refractivity contribution in [1.82, 2.24) is 20.5 Å². The van der Waals surface area contributed by atoms with Crippen molar-refractivity contribution in [2.24, 2.45) is 4.99 Å². The fourth-order valence-electron chi connectivity index (χ4n) is 3.73. The van der Waals surface area contributed by atoms with Crippen LogP contribution >= 0.6 is 35.3 Å². The Hall–Kier alpha value is -1.39. The Balaban J connectivity index is 0.00000320. The van der Waals surface area contributed by atoms with Gasteiger partial charge in [0.2, 0.25) is 0 Å². The first-order chi connectivity index (χ1) is 14.2. The van der Waals surface area contributed by atoms with E-state index in [4.69, 9.17) is 9.73 Å². The van der Waals surface area contributed by atoms with Crippen LogP contribution in [0.5, 0.6) is 5.75 Å². The molecule has 2 N–H and O–H groups in total. The van der Waals surface area contributed by atoms with E-state index in [0.717, 1.165) is 49.3 Å². The van der Waals surface area contributed by atoms with Crippen molar-refractivity contribution >= 4 is 41.3 Å². The summed E-state index contributed by atoms with van der Waals surface area (Å²) in [4.78, 5) is 13.2. The van der Waals surface area contributed by atoms with E-state index in [1.165, 1.54) is 23.3 Å². The molecule has 2 aromatic rings. The number of thiazole rings is 1. The third kappa shape index (κ3) is 7.09. The normalized spacial score (nSPS) is 15.5. The Bertz CT molecular complexity index is 791. The number of para-hydroxylation sites is 1. The molecule has 8 heteroatoms.